The molecule has 1 unspecified atom stereocenters. The van der Waals surface area contributed by atoms with Gasteiger partial charge in [0.1, 0.15) is 11.4 Å². The maximum absolute atomic E-state index is 15.1. The average Bonchev–Trinajstić information content (AvgIpc) is 3.32. The number of aromatic nitrogens is 1. The molecule has 1 aliphatic heterocycles. The minimum atomic E-state index is -1.35. The van der Waals surface area contributed by atoms with Gasteiger partial charge in [-0.2, -0.15) is 0 Å². The lowest BCUT2D eigenvalue weighted by atomic mass is 9.90. The molecule has 2 heterocycles. The van der Waals surface area contributed by atoms with E-state index in [2.05, 4.69) is 6.58 Å². The number of nitrogens with zero attached hydrogens (tertiary/aromatic N) is 2. The molecule has 0 amide bonds. The third kappa shape index (κ3) is 2.73. The highest BCUT2D eigenvalue weighted by atomic mass is 19.1. The number of hydrogen-bond acceptors (Lipinski definition) is 4. The predicted octanol–water partition coefficient (Wildman–Crippen LogP) is 2.57. The van der Waals surface area contributed by atoms with Crippen LogP contribution in [0, 0.1) is 18.2 Å². The zero-order chi connectivity index (χ0) is 19.5. The van der Waals surface area contributed by atoms with Crippen molar-refractivity contribution in [2.45, 2.75) is 32.2 Å². The molecule has 2 aromatic rings. The first-order valence-corrected chi connectivity index (χ1v) is 9.01. The number of halogens is 1. The van der Waals surface area contributed by atoms with E-state index >= 15 is 4.39 Å². The lowest BCUT2D eigenvalue weighted by molar-refractivity contribution is 0.0695. The van der Waals surface area contributed by atoms with Gasteiger partial charge in [-0.1, -0.05) is 6.58 Å². The number of piperidine rings is 1. The molecule has 0 bridgehead atoms. The fourth-order valence-corrected chi connectivity index (χ4v) is 4.50. The maximum Gasteiger partial charge on any atom is 0.341 e. The highest BCUT2D eigenvalue weighted by Crippen LogP contribution is 2.52. The Balaban J connectivity index is 1.96. The predicted molar refractivity (Wildman–Crippen MR) is 103 cm³/mol. The van der Waals surface area contributed by atoms with Gasteiger partial charge in [-0.25, -0.2) is 9.18 Å². The highest BCUT2D eigenvalue weighted by molar-refractivity contribution is 5.96. The van der Waals surface area contributed by atoms with Gasteiger partial charge in [0.05, 0.1) is 16.6 Å². The van der Waals surface area contributed by atoms with Gasteiger partial charge in [-0.3, -0.25) is 4.79 Å². The topological polar surface area (TPSA) is 88.6 Å². The standard InChI is InChI=1S/C20H22FN3O3/c1-3-23-9-14(19(26)27)18(25)13-6-15(21)17(11(2)16(13)23)24-8-12(22)7-20(10-24)4-5-20/h3,6,9,12H,1,4-5,7-8,10,22H2,2H3,(H,26,27). The number of hydrogen-bond donors (Lipinski definition) is 2. The molecule has 1 saturated heterocycles. The van der Waals surface area contributed by atoms with E-state index in [9.17, 15) is 14.7 Å². The summed E-state index contributed by atoms with van der Waals surface area (Å²) in [7, 11) is 0. The molecule has 0 radical (unpaired) electrons. The molecule has 1 aromatic heterocycles. The summed E-state index contributed by atoms with van der Waals surface area (Å²) >= 11 is 0. The molecule has 27 heavy (non-hydrogen) atoms. The zero-order valence-electron chi connectivity index (χ0n) is 15.2. The highest BCUT2D eigenvalue weighted by Gasteiger charge is 2.48. The molecule has 2 aliphatic rings. The number of aromatic carboxylic acids is 1. The van der Waals surface area contributed by atoms with Crippen LogP contribution in [0.15, 0.2) is 23.6 Å². The SMILES string of the molecule is C=Cn1cc(C(=O)O)c(=O)c2cc(F)c(N3CC(N)CC4(CC4)C3)c(C)c21. The number of anilines is 1. The van der Waals surface area contributed by atoms with Crippen molar-refractivity contribution in [1.29, 1.82) is 0 Å². The second-order valence-electron chi connectivity index (χ2n) is 7.84. The molecular weight excluding hydrogens is 349 g/mol. The number of carbonyl (C=O) groups is 1. The Bertz CT molecular complexity index is 1040. The molecule has 6 nitrogen and oxygen atoms in total. The molecule has 142 valence electrons. The van der Waals surface area contributed by atoms with E-state index in [4.69, 9.17) is 5.73 Å². The number of pyridine rings is 1. The zero-order valence-corrected chi connectivity index (χ0v) is 15.2. The van der Waals surface area contributed by atoms with E-state index in [1.54, 1.807) is 6.92 Å². The lowest BCUT2D eigenvalue weighted by Crippen LogP contribution is -2.48. The number of rotatable bonds is 3. The van der Waals surface area contributed by atoms with Gasteiger partial charge in [-0.15, -0.1) is 0 Å². The molecule has 1 saturated carbocycles. The summed E-state index contributed by atoms with van der Waals surface area (Å²) < 4.78 is 16.6. The van der Waals surface area contributed by atoms with Crippen LogP contribution in [0.5, 0.6) is 0 Å². The van der Waals surface area contributed by atoms with Gasteiger partial charge < -0.3 is 20.3 Å². The largest absolute Gasteiger partial charge is 0.477 e. The lowest BCUT2D eigenvalue weighted by Gasteiger charge is -2.39. The van der Waals surface area contributed by atoms with Crippen molar-refractivity contribution in [1.82, 2.24) is 4.57 Å². The normalized spacial score (nSPS) is 20.9. The molecule has 2 fully saturated rings. The molecule has 4 rings (SSSR count). The van der Waals surface area contributed by atoms with Crippen molar-refractivity contribution in [2.75, 3.05) is 18.0 Å². The molecule has 1 aromatic carbocycles. The third-order valence-corrected chi connectivity index (χ3v) is 5.86. The summed E-state index contributed by atoms with van der Waals surface area (Å²) in [5.74, 6) is -1.88. The summed E-state index contributed by atoms with van der Waals surface area (Å²) in [4.78, 5) is 25.9. The summed E-state index contributed by atoms with van der Waals surface area (Å²) in [6, 6.07) is 1.12. The molecule has 1 spiro atoms. The van der Waals surface area contributed by atoms with E-state index in [-0.39, 0.29) is 16.8 Å². The Kier molecular flexibility index (Phi) is 3.89. The Morgan fingerprint density at radius 3 is 2.78 bits per heavy atom. The smallest absolute Gasteiger partial charge is 0.341 e. The molecular formula is C20H22FN3O3. The van der Waals surface area contributed by atoms with E-state index in [1.165, 1.54) is 17.0 Å². The van der Waals surface area contributed by atoms with Crippen LogP contribution in [0.4, 0.5) is 10.1 Å². The van der Waals surface area contributed by atoms with E-state index in [0.29, 0.717) is 23.3 Å². The van der Waals surface area contributed by atoms with Crippen molar-refractivity contribution in [3.8, 4) is 0 Å². The van der Waals surface area contributed by atoms with Crippen LogP contribution in [0.25, 0.3) is 17.1 Å². The van der Waals surface area contributed by atoms with Crippen LogP contribution in [0.2, 0.25) is 0 Å². The first-order valence-electron chi connectivity index (χ1n) is 9.01. The maximum atomic E-state index is 15.1. The van der Waals surface area contributed by atoms with E-state index in [0.717, 1.165) is 31.9 Å². The fourth-order valence-electron chi connectivity index (χ4n) is 4.50. The first kappa shape index (κ1) is 17.7. The van der Waals surface area contributed by atoms with Crippen LogP contribution in [0.1, 0.15) is 35.2 Å². The average molecular weight is 371 g/mol. The van der Waals surface area contributed by atoms with Crippen molar-refractivity contribution >= 4 is 28.8 Å². The Morgan fingerprint density at radius 1 is 1.48 bits per heavy atom. The Labute approximate surface area is 155 Å². The molecule has 3 N–H and O–H groups in total. The number of fused-ring (bicyclic) bond motifs is 1. The van der Waals surface area contributed by atoms with Crippen LogP contribution < -0.4 is 16.1 Å². The number of carboxylic acid groups (broad SMARTS) is 1. The quantitative estimate of drug-likeness (QED) is 0.866. The minimum Gasteiger partial charge on any atom is -0.477 e. The minimum absolute atomic E-state index is 0.0215. The second-order valence-corrected chi connectivity index (χ2v) is 7.84. The Hall–Kier alpha value is -2.67. The number of carboxylic acids is 1. The van der Waals surface area contributed by atoms with Gasteiger partial charge in [-0.05, 0) is 37.7 Å². The van der Waals surface area contributed by atoms with Gasteiger partial charge in [0.2, 0.25) is 5.43 Å². The van der Waals surface area contributed by atoms with Crippen LogP contribution in [0.3, 0.4) is 0 Å². The van der Waals surface area contributed by atoms with Gasteiger partial charge in [0.15, 0.2) is 0 Å². The molecule has 1 atom stereocenters. The number of benzene rings is 1. The first-order chi connectivity index (χ1) is 12.8. The number of nitrogens with two attached hydrogens (primary N) is 1. The third-order valence-electron chi connectivity index (χ3n) is 5.86. The van der Waals surface area contributed by atoms with Gasteiger partial charge in [0, 0.05) is 37.1 Å². The van der Waals surface area contributed by atoms with Crippen molar-refractivity contribution in [3.63, 3.8) is 0 Å². The van der Waals surface area contributed by atoms with Crippen molar-refractivity contribution in [2.24, 2.45) is 11.1 Å². The number of aryl methyl sites for hydroxylation is 1. The van der Waals surface area contributed by atoms with E-state index in [1.807, 2.05) is 4.90 Å². The Morgan fingerprint density at radius 2 is 2.19 bits per heavy atom. The summed E-state index contributed by atoms with van der Waals surface area (Å²) in [6.45, 7) is 6.75. The van der Waals surface area contributed by atoms with Gasteiger partial charge >= 0.3 is 5.97 Å². The molecule has 7 heteroatoms. The summed E-state index contributed by atoms with van der Waals surface area (Å²) in [5, 5.41) is 9.31. The monoisotopic (exact) mass is 371 g/mol. The van der Waals surface area contributed by atoms with Gasteiger partial charge in [0.25, 0.3) is 0 Å². The van der Waals surface area contributed by atoms with Crippen molar-refractivity contribution in [3.05, 3.63) is 46.0 Å². The summed E-state index contributed by atoms with van der Waals surface area (Å²) in [6.07, 6.45) is 5.82. The summed E-state index contributed by atoms with van der Waals surface area (Å²) in [5.41, 5.74) is 6.79. The van der Waals surface area contributed by atoms with Crippen molar-refractivity contribution < 1.29 is 14.3 Å². The van der Waals surface area contributed by atoms with Crippen LogP contribution in [-0.4, -0.2) is 34.8 Å². The second kappa shape index (κ2) is 5.92. The van der Waals surface area contributed by atoms with Crippen LogP contribution >= 0.6 is 0 Å². The fraction of sp³-hybridized carbons (Fsp3) is 0.400. The van der Waals surface area contributed by atoms with Crippen LogP contribution in [-0.2, 0) is 0 Å². The molecule has 1 aliphatic carbocycles. The van der Waals surface area contributed by atoms with E-state index < -0.39 is 22.8 Å².